The molecule has 0 radical (unpaired) electrons. The summed E-state index contributed by atoms with van der Waals surface area (Å²) < 4.78 is 13.0. The molecule has 0 aromatic heterocycles. The number of hydrogen-bond donors (Lipinski definition) is 0. The number of hydrogen-bond acceptors (Lipinski definition) is 3. The van der Waals surface area contributed by atoms with E-state index in [1.165, 1.54) is 39.0 Å². The van der Waals surface area contributed by atoms with E-state index in [0.29, 0.717) is 24.4 Å². The number of piperidine rings is 1. The van der Waals surface area contributed by atoms with Gasteiger partial charge in [0.25, 0.3) is 0 Å². The molecule has 0 aliphatic carbocycles. The highest BCUT2D eigenvalue weighted by Gasteiger charge is 2.43. The summed E-state index contributed by atoms with van der Waals surface area (Å²) in [6, 6.07) is 0. The van der Waals surface area contributed by atoms with Crippen LogP contribution in [-0.2, 0) is 0 Å². The van der Waals surface area contributed by atoms with Gasteiger partial charge in [0.05, 0.1) is 0 Å². The van der Waals surface area contributed by atoms with Gasteiger partial charge in [0.1, 0.15) is 0 Å². The zero-order valence-corrected chi connectivity index (χ0v) is 12.9. The summed E-state index contributed by atoms with van der Waals surface area (Å²) in [5.74, 6) is 0.568. The molecule has 19 heavy (non-hydrogen) atoms. The molecule has 0 N–H and O–H groups in total. The van der Waals surface area contributed by atoms with Crippen LogP contribution in [-0.4, -0.2) is 67.8 Å². The molecule has 0 aromatic rings. The van der Waals surface area contributed by atoms with E-state index in [1.54, 1.807) is 0 Å². The van der Waals surface area contributed by atoms with Crippen molar-refractivity contribution in [2.75, 3.05) is 52.9 Å². The summed E-state index contributed by atoms with van der Waals surface area (Å²) in [6.45, 7) is 11.5. The lowest BCUT2D eigenvalue weighted by Crippen LogP contribution is -2.59. The molecule has 3 heterocycles. The van der Waals surface area contributed by atoms with Gasteiger partial charge in [0.2, 0.25) is 0 Å². The van der Waals surface area contributed by atoms with Crippen LogP contribution in [0.2, 0.25) is 0 Å². The van der Waals surface area contributed by atoms with Crippen molar-refractivity contribution in [2.45, 2.75) is 33.1 Å². The number of likely N-dealkylation sites (tertiary alicyclic amines) is 2. The summed E-state index contributed by atoms with van der Waals surface area (Å²) in [5, 5.41) is 0.983. The Morgan fingerprint density at radius 3 is 2.21 bits per heavy atom. The molecular formula is C15H30FN3. The second-order valence-electron chi connectivity index (χ2n) is 6.50. The highest BCUT2D eigenvalue weighted by atomic mass is 19.2. The molecule has 3 aliphatic rings. The Morgan fingerprint density at radius 2 is 1.74 bits per heavy atom. The van der Waals surface area contributed by atoms with Crippen molar-refractivity contribution >= 4 is 0 Å². The average Bonchev–Trinajstić information content (AvgIpc) is 2.78. The van der Waals surface area contributed by atoms with Crippen molar-refractivity contribution in [3.05, 3.63) is 0 Å². The Hall–Kier alpha value is -0.190. The third kappa shape index (κ3) is 3.67. The molecule has 4 heteroatoms. The second kappa shape index (κ2) is 6.51. The minimum atomic E-state index is 0.568. The average molecular weight is 271 g/mol. The maximum absolute atomic E-state index is 13.0. The van der Waals surface area contributed by atoms with E-state index in [9.17, 15) is 4.48 Å². The van der Waals surface area contributed by atoms with Crippen LogP contribution in [0.25, 0.3) is 0 Å². The minimum absolute atomic E-state index is 0.568. The van der Waals surface area contributed by atoms with Crippen LogP contribution < -0.4 is 0 Å². The zero-order valence-electron chi connectivity index (χ0n) is 12.9. The molecule has 1 atom stereocenters. The predicted molar refractivity (Wildman–Crippen MR) is 77.7 cm³/mol. The van der Waals surface area contributed by atoms with E-state index in [4.69, 9.17) is 0 Å². The smallest absolute Gasteiger partial charge is 0.0331 e. The van der Waals surface area contributed by atoms with Gasteiger partial charge in [0.15, 0.2) is 0 Å². The number of rotatable bonds is 2. The van der Waals surface area contributed by atoms with Gasteiger partial charge >= 0.3 is 0 Å². The maximum atomic E-state index is 13.0. The van der Waals surface area contributed by atoms with Crippen molar-refractivity contribution in [3.63, 3.8) is 0 Å². The molecule has 3 rings (SSSR count). The first-order chi connectivity index (χ1) is 9.15. The van der Waals surface area contributed by atoms with E-state index >= 15 is 0 Å². The van der Waals surface area contributed by atoms with Crippen molar-refractivity contribution < 1.29 is 4.48 Å². The van der Waals surface area contributed by atoms with Crippen LogP contribution >= 0.6 is 0 Å². The van der Waals surface area contributed by atoms with E-state index in [2.05, 4.69) is 16.8 Å². The zero-order chi connectivity index (χ0) is 13.9. The molecule has 3 aliphatic heterocycles. The van der Waals surface area contributed by atoms with Gasteiger partial charge in [-0.1, -0.05) is 13.8 Å². The Morgan fingerprint density at radius 1 is 1.11 bits per heavy atom. The van der Waals surface area contributed by atoms with Gasteiger partial charge in [-0.15, -0.1) is 9.60 Å². The lowest BCUT2D eigenvalue weighted by molar-refractivity contribution is -0.0344. The molecule has 3 saturated heterocycles. The van der Waals surface area contributed by atoms with Crippen molar-refractivity contribution in [1.82, 2.24) is 14.9 Å². The molecule has 0 amide bonds. The summed E-state index contributed by atoms with van der Waals surface area (Å²) in [5.41, 5.74) is 0.646. The van der Waals surface area contributed by atoms with E-state index in [0.717, 1.165) is 18.1 Å². The van der Waals surface area contributed by atoms with Gasteiger partial charge in [0, 0.05) is 32.7 Å². The molecule has 3 fully saturated rings. The monoisotopic (exact) mass is 271 g/mol. The standard InChI is InChI=1S/C13H24FN3.C2H6/c1-15-10-13(11-15)3-6-16(7-4-13)8-12-2-5-17(14)9-12;1-2/h12H,2-11H2,1H3;1-2H3. The lowest BCUT2D eigenvalue weighted by Gasteiger charge is -2.53. The molecule has 0 bridgehead atoms. The molecule has 1 spiro atoms. The minimum Gasteiger partial charge on any atom is -0.305 e. The topological polar surface area (TPSA) is 9.72 Å². The van der Waals surface area contributed by atoms with Crippen LogP contribution in [0.3, 0.4) is 0 Å². The van der Waals surface area contributed by atoms with E-state index in [1.807, 2.05) is 13.8 Å². The van der Waals surface area contributed by atoms with Crippen LogP contribution in [0.1, 0.15) is 33.1 Å². The molecule has 1 unspecified atom stereocenters. The molecular weight excluding hydrogens is 241 g/mol. The van der Waals surface area contributed by atoms with Gasteiger partial charge in [-0.05, 0) is 50.7 Å². The van der Waals surface area contributed by atoms with Crippen molar-refractivity contribution in [1.29, 1.82) is 0 Å². The third-order valence-electron chi connectivity index (χ3n) is 4.88. The fraction of sp³-hybridized carbons (Fsp3) is 1.00. The Bertz CT molecular complexity index is 269. The van der Waals surface area contributed by atoms with E-state index < -0.39 is 0 Å². The SMILES string of the molecule is CC.CN1CC2(CCN(CC3CCN(F)C3)CC2)C1. The largest absolute Gasteiger partial charge is 0.305 e. The molecule has 0 aromatic carbocycles. The second-order valence-corrected chi connectivity index (χ2v) is 6.50. The lowest BCUT2D eigenvalue weighted by atomic mass is 9.72. The number of halogens is 1. The van der Waals surface area contributed by atoms with Crippen LogP contribution in [0.5, 0.6) is 0 Å². The van der Waals surface area contributed by atoms with Crippen molar-refractivity contribution in [2.24, 2.45) is 11.3 Å². The van der Waals surface area contributed by atoms with Gasteiger partial charge < -0.3 is 9.80 Å². The van der Waals surface area contributed by atoms with Gasteiger partial charge in [-0.25, -0.2) is 0 Å². The Labute approximate surface area is 117 Å². The molecule has 0 saturated carbocycles. The van der Waals surface area contributed by atoms with E-state index in [-0.39, 0.29) is 0 Å². The normalized spacial score (nSPS) is 31.9. The number of nitrogens with zero attached hydrogens (tertiary/aromatic N) is 3. The van der Waals surface area contributed by atoms with Crippen LogP contribution in [0.4, 0.5) is 4.48 Å². The summed E-state index contributed by atoms with van der Waals surface area (Å²) in [7, 11) is 2.21. The highest BCUT2D eigenvalue weighted by molar-refractivity contribution is 4.97. The summed E-state index contributed by atoms with van der Waals surface area (Å²) in [4.78, 5) is 4.99. The van der Waals surface area contributed by atoms with Gasteiger partial charge in [-0.2, -0.15) is 0 Å². The maximum Gasteiger partial charge on any atom is 0.0331 e. The predicted octanol–water partition coefficient (Wildman–Crippen LogP) is 2.25. The Kier molecular flexibility index (Phi) is 5.21. The molecule has 112 valence electrons. The quantitative estimate of drug-likeness (QED) is 0.713. The van der Waals surface area contributed by atoms with Crippen molar-refractivity contribution in [3.8, 4) is 0 Å². The first kappa shape index (κ1) is 15.2. The van der Waals surface area contributed by atoms with Crippen LogP contribution in [0.15, 0.2) is 0 Å². The first-order valence-electron chi connectivity index (χ1n) is 7.97. The highest BCUT2D eigenvalue weighted by Crippen LogP contribution is 2.39. The first-order valence-corrected chi connectivity index (χ1v) is 7.97. The third-order valence-corrected chi connectivity index (χ3v) is 4.88. The summed E-state index contributed by atoms with van der Waals surface area (Å²) in [6.07, 6.45) is 3.74. The fourth-order valence-corrected chi connectivity index (χ4v) is 3.92. The van der Waals surface area contributed by atoms with Crippen LogP contribution in [0, 0.1) is 11.3 Å². The Balaban J connectivity index is 0.000000637. The summed E-state index contributed by atoms with van der Waals surface area (Å²) >= 11 is 0. The fourth-order valence-electron chi connectivity index (χ4n) is 3.92. The van der Waals surface area contributed by atoms with Gasteiger partial charge in [-0.3, -0.25) is 0 Å². The molecule has 3 nitrogen and oxygen atoms in total.